The van der Waals surface area contributed by atoms with Crippen LogP contribution in [0.15, 0.2) is 18.2 Å². The summed E-state index contributed by atoms with van der Waals surface area (Å²) in [5, 5.41) is 24.4. The van der Waals surface area contributed by atoms with Crippen LogP contribution in [0.3, 0.4) is 0 Å². The monoisotopic (exact) mass is 277 g/mol. The van der Waals surface area contributed by atoms with Gasteiger partial charge in [-0.3, -0.25) is 15.0 Å². The fraction of sp³-hybridized carbons (Fsp3) is 0.571. The Balaban J connectivity index is 1.94. The normalized spacial score (nSPS) is 21.6. The molecule has 0 unspecified atom stereocenters. The molecular formula is C14H19N3O3. The van der Waals surface area contributed by atoms with Crippen molar-refractivity contribution in [1.82, 2.24) is 10.2 Å². The molecule has 1 heterocycles. The summed E-state index contributed by atoms with van der Waals surface area (Å²) in [5.74, 6) is 0.687. The second-order valence-corrected chi connectivity index (χ2v) is 5.57. The number of phenolic OH excluding ortho intramolecular Hbond substituents is 1. The first kappa shape index (κ1) is 13.3. The Hall–Kier alpha value is -1.66. The average molecular weight is 277 g/mol. The molecule has 1 aliphatic heterocycles. The topological polar surface area (TPSA) is 78.6 Å². The smallest absolute Gasteiger partial charge is 0.270 e. The Labute approximate surface area is 117 Å². The summed E-state index contributed by atoms with van der Waals surface area (Å²) in [5.41, 5.74) is 0.766. The average Bonchev–Trinajstić information content (AvgIpc) is 3.27. The molecule has 6 nitrogen and oxygen atoms in total. The van der Waals surface area contributed by atoms with Crippen molar-refractivity contribution >= 4 is 5.69 Å². The highest BCUT2D eigenvalue weighted by molar-refractivity contribution is 5.45. The molecule has 1 atom stereocenters. The molecule has 0 spiro atoms. The number of non-ortho nitro benzene ring substituents is 1. The fourth-order valence-corrected chi connectivity index (χ4v) is 3.01. The van der Waals surface area contributed by atoms with Crippen LogP contribution in [-0.4, -0.2) is 41.1 Å². The molecule has 1 saturated heterocycles. The molecule has 108 valence electrons. The van der Waals surface area contributed by atoms with Crippen molar-refractivity contribution in [1.29, 1.82) is 0 Å². The lowest BCUT2D eigenvalue weighted by molar-refractivity contribution is -0.385. The summed E-state index contributed by atoms with van der Waals surface area (Å²) in [4.78, 5) is 12.9. The van der Waals surface area contributed by atoms with Gasteiger partial charge in [0, 0.05) is 49.9 Å². The Morgan fingerprint density at radius 2 is 2.05 bits per heavy atom. The summed E-state index contributed by atoms with van der Waals surface area (Å²) < 4.78 is 0. The highest BCUT2D eigenvalue weighted by atomic mass is 16.6. The third-order valence-electron chi connectivity index (χ3n) is 4.15. The Morgan fingerprint density at radius 3 is 2.65 bits per heavy atom. The van der Waals surface area contributed by atoms with Gasteiger partial charge in [-0.05, 0) is 24.8 Å². The van der Waals surface area contributed by atoms with E-state index in [4.69, 9.17) is 0 Å². The summed E-state index contributed by atoms with van der Waals surface area (Å²) in [7, 11) is 0. The SMILES string of the molecule is O=[N+]([O-])c1ccc(O)c([C@H](C2CC2)N2CCNCC2)c1. The molecule has 0 bridgehead atoms. The van der Waals surface area contributed by atoms with Gasteiger partial charge in [-0.1, -0.05) is 0 Å². The molecule has 1 aromatic rings. The van der Waals surface area contributed by atoms with Gasteiger partial charge in [0.2, 0.25) is 0 Å². The number of rotatable bonds is 4. The Bertz CT molecular complexity index is 510. The van der Waals surface area contributed by atoms with E-state index in [2.05, 4.69) is 10.2 Å². The third kappa shape index (κ3) is 2.62. The molecular weight excluding hydrogens is 258 g/mol. The van der Waals surface area contributed by atoms with E-state index in [0.29, 0.717) is 11.5 Å². The number of nitrogens with zero attached hydrogens (tertiary/aromatic N) is 2. The first-order valence-electron chi connectivity index (χ1n) is 7.09. The number of hydrogen-bond acceptors (Lipinski definition) is 5. The van der Waals surface area contributed by atoms with E-state index in [1.165, 1.54) is 12.1 Å². The van der Waals surface area contributed by atoms with Crippen LogP contribution in [0.1, 0.15) is 24.4 Å². The van der Waals surface area contributed by atoms with Crippen molar-refractivity contribution in [3.8, 4) is 5.75 Å². The summed E-state index contributed by atoms with van der Waals surface area (Å²) >= 11 is 0. The standard InChI is InChI=1S/C14H19N3O3/c18-13-4-3-11(17(19)20)9-12(13)14(10-1-2-10)16-7-5-15-6-8-16/h3-4,9-10,14-15,18H,1-2,5-8H2/t14-/m0/s1. The van der Waals surface area contributed by atoms with Crippen LogP contribution >= 0.6 is 0 Å². The van der Waals surface area contributed by atoms with E-state index < -0.39 is 4.92 Å². The minimum absolute atomic E-state index is 0.0542. The number of piperazine rings is 1. The van der Waals surface area contributed by atoms with Crippen LogP contribution in [-0.2, 0) is 0 Å². The van der Waals surface area contributed by atoms with Crippen molar-refractivity contribution in [2.75, 3.05) is 26.2 Å². The Kier molecular flexibility index (Phi) is 3.58. The molecule has 1 aliphatic carbocycles. The third-order valence-corrected chi connectivity index (χ3v) is 4.15. The molecule has 0 radical (unpaired) electrons. The zero-order valence-corrected chi connectivity index (χ0v) is 11.3. The number of phenols is 1. The number of nitro benzene ring substituents is 1. The number of benzene rings is 1. The molecule has 0 aromatic heterocycles. The van der Waals surface area contributed by atoms with Crippen LogP contribution in [0.25, 0.3) is 0 Å². The van der Waals surface area contributed by atoms with E-state index in [0.717, 1.165) is 39.0 Å². The molecule has 0 amide bonds. The lowest BCUT2D eigenvalue weighted by Gasteiger charge is -2.35. The maximum atomic E-state index is 10.9. The van der Waals surface area contributed by atoms with Crippen molar-refractivity contribution in [3.63, 3.8) is 0 Å². The van der Waals surface area contributed by atoms with Gasteiger partial charge < -0.3 is 10.4 Å². The Morgan fingerprint density at radius 1 is 1.35 bits per heavy atom. The predicted molar refractivity (Wildman–Crippen MR) is 74.7 cm³/mol. The highest BCUT2D eigenvalue weighted by Crippen LogP contribution is 2.47. The largest absolute Gasteiger partial charge is 0.508 e. The molecule has 1 saturated carbocycles. The van der Waals surface area contributed by atoms with Crippen LogP contribution < -0.4 is 5.32 Å². The van der Waals surface area contributed by atoms with Gasteiger partial charge in [-0.15, -0.1) is 0 Å². The van der Waals surface area contributed by atoms with E-state index in [-0.39, 0.29) is 17.5 Å². The first-order valence-corrected chi connectivity index (χ1v) is 7.09. The highest BCUT2D eigenvalue weighted by Gasteiger charge is 2.38. The molecule has 6 heteroatoms. The summed E-state index contributed by atoms with van der Waals surface area (Å²) in [6, 6.07) is 4.46. The van der Waals surface area contributed by atoms with E-state index >= 15 is 0 Å². The van der Waals surface area contributed by atoms with Crippen molar-refractivity contribution in [2.24, 2.45) is 5.92 Å². The van der Waals surface area contributed by atoms with Crippen LogP contribution in [0, 0.1) is 16.0 Å². The number of nitrogens with one attached hydrogen (secondary N) is 1. The first-order chi connectivity index (χ1) is 9.66. The van der Waals surface area contributed by atoms with Gasteiger partial charge >= 0.3 is 0 Å². The lowest BCUT2D eigenvalue weighted by Crippen LogP contribution is -2.45. The lowest BCUT2D eigenvalue weighted by atomic mass is 9.98. The number of aromatic hydroxyl groups is 1. The second kappa shape index (κ2) is 5.38. The van der Waals surface area contributed by atoms with Gasteiger partial charge in [-0.25, -0.2) is 0 Å². The van der Waals surface area contributed by atoms with Crippen LogP contribution in [0.5, 0.6) is 5.75 Å². The minimum atomic E-state index is -0.398. The number of nitro groups is 1. The molecule has 20 heavy (non-hydrogen) atoms. The minimum Gasteiger partial charge on any atom is -0.508 e. The van der Waals surface area contributed by atoms with Gasteiger partial charge in [0.1, 0.15) is 5.75 Å². The van der Waals surface area contributed by atoms with Crippen molar-refractivity contribution < 1.29 is 10.0 Å². The van der Waals surface area contributed by atoms with E-state index in [1.807, 2.05) is 0 Å². The second-order valence-electron chi connectivity index (χ2n) is 5.57. The van der Waals surface area contributed by atoms with Gasteiger partial charge in [0.05, 0.1) is 4.92 Å². The maximum absolute atomic E-state index is 10.9. The molecule has 2 N–H and O–H groups in total. The summed E-state index contributed by atoms with van der Waals surface area (Å²) in [6.45, 7) is 3.70. The molecule has 2 fully saturated rings. The van der Waals surface area contributed by atoms with E-state index in [1.54, 1.807) is 6.07 Å². The van der Waals surface area contributed by atoms with Gasteiger partial charge in [-0.2, -0.15) is 0 Å². The summed E-state index contributed by atoms with van der Waals surface area (Å²) in [6.07, 6.45) is 2.27. The zero-order valence-electron chi connectivity index (χ0n) is 11.3. The molecule has 2 aliphatic rings. The van der Waals surface area contributed by atoms with Crippen molar-refractivity contribution in [2.45, 2.75) is 18.9 Å². The quantitative estimate of drug-likeness (QED) is 0.646. The van der Waals surface area contributed by atoms with Gasteiger partial charge in [0.25, 0.3) is 5.69 Å². The van der Waals surface area contributed by atoms with Crippen LogP contribution in [0.4, 0.5) is 5.69 Å². The van der Waals surface area contributed by atoms with E-state index in [9.17, 15) is 15.2 Å². The maximum Gasteiger partial charge on any atom is 0.270 e. The number of hydrogen-bond donors (Lipinski definition) is 2. The van der Waals surface area contributed by atoms with Crippen molar-refractivity contribution in [3.05, 3.63) is 33.9 Å². The van der Waals surface area contributed by atoms with Gasteiger partial charge in [0.15, 0.2) is 0 Å². The molecule has 1 aromatic carbocycles. The van der Waals surface area contributed by atoms with Crippen LogP contribution in [0.2, 0.25) is 0 Å². The molecule has 3 rings (SSSR count). The predicted octanol–water partition coefficient (Wildman–Crippen LogP) is 1.66. The fourth-order valence-electron chi connectivity index (χ4n) is 3.01. The zero-order chi connectivity index (χ0) is 14.1.